The molecule has 1 aliphatic rings. The minimum atomic E-state index is 0.158. The monoisotopic (exact) mass is 217 g/mol. The summed E-state index contributed by atoms with van der Waals surface area (Å²) >= 11 is 0. The van der Waals surface area contributed by atoms with Crippen LogP contribution in [0.5, 0.6) is 0 Å². The molecule has 1 aromatic carbocycles. The molecule has 1 aliphatic carbocycles. The third kappa shape index (κ3) is 3.09. The number of hydrogen-bond acceptors (Lipinski definition) is 1. The smallest absolute Gasteiger partial charge is 0.224 e. The number of hydrogen-bond donors (Lipinski definition) is 1. The SMILES string of the molecule is CC1CCC(NC(=O)Cc2ccccc2)C1. The van der Waals surface area contributed by atoms with Gasteiger partial charge < -0.3 is 5.32 Å². The highest BCUT2D eigenvalue weighted by molar-refractivity contribution is 5.78. The van der Waals surface area contributed by atoms with Crippen molar-refractivity contribution in [2.24, 2.45) is 5.92 Å². The van der Waals surface area contributed by atoms with Crippen molar-refractivity contribution in [1.29, 1.82) is 0 Å². The summed E-state index contributed by atoms with van der Waals surface area (Å²) in [4.78, 5) is 11.8. The molecule has 16 heavy (non-hydrogen) atoms. The van der Waals surface area contributed by atoms with Gasteiger partial charge in [0.2, 0.25) is 5.91 Å². The Bertz CT molecular complexity index is 347. The topological polar surface area (TPSA) is 29.1 Å². The normalized spacial score (nSPS) is 24.3. The standard InChI is InChI=1S/C14H19NO/c1-11-7-8-13(9-11)15-14(16)10-12-5-3-2-4-6-12/h2-6,11,13H,7-10H2,1H3,(H,15,16). The molecular weight excluding hydrogens is 198 g/mol. The van der Waals surface area contributed by atoms with Gasteiger partial charge in [0.15, 0.2) is 0 Å². The first-order valence-electron chi connectivity index (χ1n) is 6.07. The zero-order valence-corrected chi connectivity index (χ0v) is 9.78. The van der Waals surface area contributed by atoms with Gasteiger partial charge >= 0.3 is 0 Å². The summed E-state index contributed by atoms with van der Waals surface area (Å²) in [5, 5.41) is 3.12. The van der Waals surface area contributed by atoms with Gasteiger partial charge in [-0.2, -0.15) is 0 Å². The lowest BCUT2D eigenvalue weighted by molar-refractivity contribution is -0.121. The molecule has 1 N–H and O–H groups in total. The highest BCUT2D eigenvalue weighted by Gasteiger charge is 2.22. The summed E-state index contributed by atoms with van der Waals surface area (Å²) in [6.45, 7) is 2.25. The van der Waals surface area contributed by atoms with E-state index in [1.165, 1.54) is 6.42 Å². The maximum atomic E-state index is 11.8. The first-order chi connectivity index (χ1) is 7.74. The molecule has 0 aliphatic heterocycles. The second kappa shape index (κ2) is 5.15. The van der Waals surface area contributed by atoms with Gasteiger partial charge in [0.05, 0.1) is 6.42 Å². The Kier molecular flexibility index (Phi) is 3.60. The molecule has 0 bridgehead atoms. The Morgan fingerprint density at radius 3 is 2.69 bits per heavy atom. The van der Waals surface area contributed by atoms with E-state index in [9.17, 15) is 4.79 Å². The summed E-state index contributed by atoms with van der Waals surface area (Å²) in [7, 11) is 0. The van der Waals surface area contributed by atoms with E-state index in [0.29, 0.717) is 12.5 Å². The van der Waals surface area contributed by atoms with E-state index in [2.05, 4.69) is 12.2 Å². The fourth-order valence-electron chi connectivity index (χ4n) is 2.40. The van der Waals surface area contributed by atoms with E-state index < -0.39 is 0 Å². The van der Waals surface area contributed by atoms with Gasteiger partial charge in [-0.3, -0.25) is 4.79 Å². The van der Waals surface area contributed by atoms with E-state index in [1.54, 1.807) is 0 Å². The molecule has 2 unspecified atom stereocenters. The van der Waals surface area contributed by atoms with Crippen molar-refractivity contribution in [1.82, 2.24) is 5.32 Å². The molecule has 0 radical (unpaired) electrons. The van der Waals surface area contributed by atoms with Crippen LogP contribution < -0.4 is 5.32 Å². The summed E-state index contributed by atoms with van der Waals surface area (Å²) in [6, 6.07) is 10.3. The second-order valence-electron chi connectivity index (χ2n) is 4.85. The van der Waals surface area contributed by atoms with Crippen LogP contribution in [-0.4, -0.2) is 11.9 Å². The second-order valence-corrected chi connectivity index (χ2v) is 4.85. The lowest BCUT2D eigenvalue weighted by atomic mass is 10.1. The van der Waals surface area contributed by atoms with Crippen LogP contribution in [0.1, 0.15) is 31.7 Å². The molecule has 1 aromatic rings. The van der Waals surface area contributed by atoms with Crippen molar-refractivity contribution in [3.05, 3.63) is 35.9 Å². The van der Waals surface area contributed by atoms with Gasteiger partial charge in [0, 0.05) is 6.04 Å². The molecule has 2 atom stereocenters. The molecule has 0 heterocycles. The van der Waals surface area contributed by atoms with E-state index in [0.717, 1.165) is 24.3 Å². The zero-order valence-electron chi connectivity index (χ0n) is 9.78. The van der Waals surface area contributed by atoms with Gasteiger partial charge in [-0.15, -0.1) is 0 Å². The van der Waals surface area contributed by atoms with E-state index in [4.69, 9.17) is 0 Å². The zero-order chi connectivity index (χ0) is 11.4. The lowest BCUT2D eigenvalue weighted by Crippen LogP contribution is -2.33. The Hall–Kier alpha value is -1.31. The maximum Gasteiger partial charge on any atom is 0.224 e. The minimum absolute atomic E-state index is 0.158. The Labute approximate surface area is 97.1 Å². The van der Waals surface area contributed by atoms with Crippen LogP contribution in [0, 0.1) is 5.92 Å². The summed E-state index contributed by atoms with van der Waals surface area (Å²) in [6.07, 6.45) is 4.03. The predicted octanol–water partition coefficient (Wildman–Crippen LogP) is 2.53. The number of benzene rings is 1. The van der Waals surface area contributed by atoms with Crippen molar-refractivity contribution in [3.63, 3.8) is 0 Å². The fraction of sp³-hybridized carbons (Fsp3) is 0.500. The Morgan fingerprint density at radius 1 is 1.31 bits per heavy atom. The van der Waals surface area contributed by atoms with Gasteiger partial charge in [0.1, 0.15) is 0 Å². The number of rotatable bonds is 3. The van der Waals surface area contributed by atoms with Crippen LogP contribution in [0.4, 0.5) is 0 Å². The van der Waals surface area contributed by atoms with Gasteiger partial charge in [-0.25, -0.2) is 0 Å². The molecule has 1 fully saturated rings. The Morgan fingerprint density at radius 2 is 2.06 bits per heavy atom. The fourth-order valence-corrected chi connectivity index (χ4v) is 2.40. The largest absolute Gasteiger partial charge is 0.353 e. The third-order valence-corrected chi connectivity index (χ3v) is 3.27. The third-order valence-electron chi connectivity index (χ3n) is 3.27. The van der Waals surface area contributed by atoms with E-state index in [1.807, 2.05) is 30.3 Å². The van der Waals surface area contributed by atoms with Crippen molar-refractivity contribution in [2.45, 2.75) is 38.6 Å². The number of carbonyl (C=O) groups excluding carboxylic acids is 1. The van der Waals surface area contributed by atoms with Crippen molar-refractivity contribution in [3.8, 4) is 0 Å². The quantitative estimate of drug-likeness (QED) is 0.828. The van der Waals surface area contributed by atoms with Gasteiger partial charge in [-0.1, -0.05) is 37.3 Å². The predicted molar refractivity (Wildman–Crippen MR) is 65.1 cm³/mol. The molecule has 86 valence electrons. The first kappa shape index (κ1) is 11.2. The molecule has 0 saturated heterocycles. The highest BCUT2D eigenvalue weighted by Crippen LogP contribution is 2.24. The van der Waals surface area contributed by atoms with E-state index >= 15 is 0 Å². The number of amides is 1. The number of carbonyl (C=O) groups is 1. The molecule has 1 saturated carbocycles. The van der Waals surface area contributed by atoms with Crippen molar-refractivity contribution in [2.75, 3.05) is 0 Å². The molecule has 1 amide bonds. The lowest BCUT2D eigenvalue weighted by Gasteiger charge is -2.12. The molecule has 2 nitrogen and oxygen atoms in total. The molecular formula is C14H19NO. The van der Waals surface area contributed by atoms with Crippen LogP contribution in [-0.2, 0) is 11.2 Å². The van der Waals surface area contributed by atoms with Crippen LogP contribution in [0.3, 0.4) is 0 Å². The average Bonchev–Trinajstić information content (AvgIpc) is 2.65. The minimum Gasteiger partial charge on any atom is -0.353 e. The van der Waals surface area contributed by atoms with Crippen LogP contribution in [0.2, 0.25) is 0 Å². The molecule has 0 aromatic heterocycles. The maximum absolute atomic E-state index is 11.8. The average molecular weight is 217 g/mol. The van der Waals surface area contributed by atoms with E-state index in [-0.39, 0.29) is 5.91 Å². The molecule has 2 rings (SSSR count). The summed E-state index contributed by atoms with van der Waals surface area (Å²) in [5.74, 6) is 0.923. The molecule has 0 spiro atoms. The summed E-state index contributed by atoms with van der Waals surface area (Å²) in [5.41, 5.74) is 1.09. The van der Waals surface area contributed by atoms with Gasteiger partial charge in [0.25, 0.3) is 0 Å². The Balaban J connectivity index is 1.81. The number of nitrogens with one attached hydrogen (secondary N) is 1. The van der Waals surface area contributed by atoms with Crippen LogP contribution >= 0.6 is 0 Å². The van der Waals surface area contributed by atoms with Crippen LogP contribution in [0.15, 0.2) is 30.3 Å². The van der Waals surface area contributed by atoms with Gasteiger partial charge in [-0.05, 0) is 30.7 Å². The van der Waals surface area contributed by atoms with Crippen molar-refractivity contribution < 1.29 is 4.79 Å². The summed E-state index contributed by atoms with van der Waals surface area (Å²) < 4.78 is 0. The first-order valence-corrected chi connectivity index (χ1v) is 6.07. The van der Waals surface area contributed by atoms with Crippen LogP contribution in [0.25, 0.3) is 0 Å². The molecule has 2 heteroatoms. The van der Waals surface area contributed by atoms with Crippen molar-refractivity contribution >= 4 is 5.91 Å². The highest BCUT2D eigenvalue weighted by atomic mass is 16.1.